The molecule has 0 saturated heterocycles. The van der Waals surface area contributed by atoms with Gasteiger partial charge in [-0.1, -0.05) is 0 Å². The van der Waals surface area contributed by atoms with Crippen molar-refractivity contribution in [1.82, 2.24) is 0 Å². The average Bonchev–Trinajstić information content (AvgIpc) is 2.09. The van der Waals surface area contributed by atoms with Gasteiger partial charge in [0.1, 0.15) is 5.82 Å². The first kappa shape index (κ1) is 9.49. The number of anilines is 1. The van der Waals surface area contributed by atoms with Crippen LogP contribution in [0.1, 0.15) is 18.0 Å². The lowest BCUT2D eigenvalue weighted by Gasteiger charge is -2.09. The average molecular weight is 179 g/mol. The van der Waals surface area contributed by atoms with Crippen LogP contribution in [0.5, 0.6) is 0 Å². The Labute approximate surface area is 75.8 Å². The summed E-state index contributed by atoms with van der Waals surface area (Å²) in [6.45, 7) is 0. The highest BCUT2D eigenvalue weighted by Crippen LogP contribution is 2.19. The third-order valence-corrected chi connectivity index (χ3v) is 1.73. The topological polar surface area (TPSA) is 75.8 Å². The van der Waals surface area contributed by atoms with E-state index in [1.807, 2.05) is 6.07 Å². The van der Waals surface area contributed by atoms with E-state index in [-0.39, 0.29) is 6.42 Å². The second kappa shape index (κ2) is 3.87. The van der Waals surface area contributed by atoms with Crippen LogP contribution in [0.2, 0.25) is 0 Å². The number of hydrogen-bond donors (Lipinski definition) is 2. The largest absolute Gasteiger partial charge is 0.399 e. The van der Waals surface area contributed by atoms with Gasteiger partial charge in [0.05, 0.1) is 12.5 Å². The van der Waals surface area contributed by atoms with E-state index >= 15 is 0 Å². The molecular formula is C9H10FN3. The van der Waals surface area contributed by atoms with Crippen LogP contribution in [0.3, 0.4) is 0 Å². The Morgan fingerprint density at radius 1 is 1.54 bits per heavy atom. The predicted octanol–water partition coefficient (Wildman–Crippen LogP) is 1.32. The summed E-state index contributed by atoms with van der Waals surface area (Å²) in [6.07, 6.45) is 0.0837. The first-order valence-corrected chi connectivity index (χ1v) is 3.82. The molecule has 1 aromatic carbocycles. The van der Waals surface area contributed by atoms with Crippen molar-refractivity contribution in [3.05, 3.63) is 29.6 Å². The van der Waals surface area contributed by atoms with E-state index in [2.05, 4.69) is 0 Å². The summed E-state index contributed by atoms with van der Waals surface area (Å²) in [7, 11) is 0. The fraction of sp³-hybridized carbons (Fsp3) is 0.222. The Kier molecular flexibility index (Phi) is 2.83. The third-order valence-electron chi connectivity index (χ3n) is 1.73. The number of halogens is 1. The molecule has 1 aromatic rings. The Balaban J connectivity index is 3.00. The summed E-state index contributed by atoms with van der Waals surface area (Å²) >= 11 is 0. The zero-order valence-corrected chi connectivity index (χ0v) is 7.00. The molecule has 0 bridgehead atoms. The van der Waals surface area contributed by atoms with Crippen LogP contribution in [0.25, 0.3) is 0 Å². The van der Waals surface area contributed by atoms with Crippen molar-refractivity contribution in [3.8, 4) is 6.07 Å². The van der Waals surface area contributed by atoms with E-state index in [1.54, 1.807) is 0 Å². The van der Waals surface area contributed by atoms with E-state index in [0.717, 1.165) is 0 Å². The zero-order chi connectivity index (χ0) is 9.84. The Morgan fingerprint density at radius 3 is 2.85 bits per heavy atom. The van der Waals surface area contributed by atoms with Gasteiger partial charge in [0.2, 0.25) is 0 Å². The lowest BCUT2D eigenvalue weighted by molar-refractivity contribution is 0.585. The van der Waals surface area contributed by atoms with Gasteiger partial charge in [0, 0.05) is 17.3 Å². The van der Waals surface area contributed by atoms with Crippen molar-refractivity contribution in [1.29, 1.82) is 5.26 Å². The van der Waals surface area contributed by atoms with Gasteiger partial charge in [-0.25, -0.2) is 4.39 Å². The maximum absolute atomic E-state index is 13.1. The highest BCUT2D eigenvalue weighted by Gasteiger charge is 2.10. The molecule has 4 heteroatoms. The van der Waals surface area contributed by atoms with Crippen molar-refractivity contribution in [2.75, 3.05) is 5.73 Å². The van der Waals surface area contributed by atoms with Crippen LogP contribution in [-0.2, 0) is 0 Å². The number of benzene rings is 1. The molecule has 0 spiro atoms. The normalized spacial score (nSPS) is 12.1. The van der Waals surface area contributed by atoms with E-state index < -0.39 is 11.9 Å². The first-order valence-electron chi connectivity index (χ1n) is 3.82. The van der Waals surface area contributed by atoms with E-state index in [9.17, 15) is 4.39 Å². The maximum Gasteiger partial charge on any atom is 0.128 e. The smallest absolute Gasteiger partial charge is 0.128 e. The number of hydrogen-bond acceptors (Lipinski definition) is 3. The summed E-state index contributed by atoms with van der Waals surface area (Å²) in [6, 6.07) is 5.44. The highest BCUT2D eigenvalue weighted by atomic mass is 19.1. The number of nitrogens with zero attached hydrogens (tertiary/aromatic N) is 1. The molecule has 0 fully saturated rings. The summed E-state index contributed by atoms with van der Waals surface area (Å²) in [5.74, 6) is -0.419. The van der Waals surface area contributed by atoms with Gasteiger partial charge in [0.25, 0.3) is 0 Å². The van der Waals surface area contributed by atoms with Crippen molar-refractivity contribution in [3.63, 3.8) is 0 Å². The molecule has 0 aliphatic rings. The van der Waals surface area contributed by atoms with Crippen molar-refractivity contribution in [2.24, 2.45) is 5.73 Å². The van der Waals surface area contributed by atoms with Gasteiger partial charge in [-0.2, -0.15) is 5.26 Å². The molecule has 4 N–H and O–H groups in total. The molecular weight excluding hydrogens is 169 g/mol. The summed E-state index contributed by atoms with van der Waals surface area (Å²) in [4.78, 5) is 0. The van der Waals surface area contributed by atoms with Gasteiger partial charge in [0.15, 0.2) is 0 Å². The molecule has 68 valence electrons. The molecule has 1 rings (SSSR count). The second-order valence-electron chi connectivity index (χ2n) is 2.75. The first-order chi connectivity index (χ1) is 6.15. The third kappa shape index (κ3) is 2.17. The molecule has 0 saturated carbocycles. The quantitative estimate of drug-likeness (QED) is 0.672. The van der Waals surface area contributed by atoms with Gasteiger partial charge in [-0.3, -0.25) is 0 Å². The Hall–Kier alpha value is -1.60. The lowest BCUT2D eigenvalue weighted by atomic mass is 10.0. The molecule has 1 atom stereocenters. The van der Waals surface area contributed by atoms with Crippen molar-refractivity contribution in [2.45, 2.75) is 12.5 Å². The van der Waals surface area contributed by atoms with Crippen molar-refractivity contribution < 1.29 is 4.39 Å². The van der Waals surface area contributed by atoms with Gasteiger partial charge in [-0.15, -0.1) is 0 Å². The molecule has 3 nitrogen and oxygen atoms in total. The Morgan fingerprint density at radius 2 is 2.23 bits per heavy atom. The van der Waals surface area contributed by atoms with Crippen LogP contribution in [0.15, 0.2) is 18.2 Å². The van der Waals surface area contributed by atoms with Gasteiger partial charge >= 0.3 is 0 Å². The van der Waals surface area contributed by atoms with Gasteiger partial charge in [-0.05, 0) is 18.2 Å². The Bertz CT molecular complexity index is 343. The molecule has 0 aliphatic heterocycles. The zero-order valence-electron chi connectivity index (χ0n) is 7.00. The van der Waals surface area contributed by atoms with Crippen LogP contribution in [0, 0.1) is 17.1 Å². The molecule has 1 unspecified atom stereocenters. The lowest BCUT2D eigenvalue weighted by Crippen LogP contribution is -2.11. The minimum Gasteiger partial charge on any atom is -0.399 e. The minimum absolute atomic E-state index is 0.0837. The van der Waals surface area contributed by atoms with Crippen molar-refractivity contribution >= 4 is 5.69 Å². The monoisotopic (exact) mass is 179 g/mol. The van der Waals surface area contributed by atoms with Crippen LogP contribution >= 0.6 is 0 Å². The standard InChI is InChI=1S/C9H10FN3/c10-8-2-1-6(12)5-7(8)9(13)3-4-11/h1-2,5,9H,3,12-13H2. The molecule has 0 radical (unpaired) electrons. The fourth-order valence-corrected chi connectivity index (χ4v) is 1.05. The molecule has 13 heavy (non-hydrogen) atoms. The number of nitrogens with two attached hydrogens (primary N) is 2. The van der Waals surface area contributed by atoms with E-state index in [1.165, 1.54) is 18.2 Å². The highest BCUT2D eigenvalue weighted by molar-refractivity contribution is 5.42. The maximum atomic E-state index is 13.1. The number of rotatable bonds is 2. The SMILES string of the molecule is N#CCC(N)c1cc(N)ccc1F. The van der Waals surface area contributed by atoms with Crippen LogP contribution in [-0.4, -0.2) is 0 Å². The molecule has 0 heterocycles. The number of nitrogen functional groups attached to an aromatic ring is 1. The molecule has 0 aromatic heterocycles. The number of nitriles is 1. The minimum atomic E-state index is -0.603. The van der Waals surface area contributed by atoms with E-state index in [4.69, 9.17) is 16.7 Å². The fourth-order valence-electron chi connectivity index (χ4n) is 1.05. The summed E-state index contributed by atoms with van der Waals surface area (Å²) in [5, 5.41) is 8.37. The molecule has 0 aliphatic carbocycles. The predicted molar refractivity (Wildman–Crippen MR) is 48.0 cm³/mol. The van der Waals surface area contributed by atoms with Gasteiger partial charge < -0.3 is 11.5 Å². The molecule has 0 amide bonds. The summed E-state index contributed by atoms with van der Waals surface area (Å²) in [5.41, 5.74) is 11.8. The van der Waals surface area contributed by atoms with Crippen LogP contribution in [0.4, 0.5) is 10.1 Å². The van der Waals surface area contributed by atoms with Crippen LogP contribution < -0.4 is 11.5 Å². The second-order valence-corrected chi connectivity index (χ2v) is 2.75. The van der Waals surface area contributed by atoms with E-state index in [0.29, 0.717) is 11.3 Å². The summed E-state index contributed by atoms with van der Waals surface area (Å²) < 4.78 is 13.1.